The van der Waals surface area contributed by atoms with Crippen molar-refractivity contribution in [1.29, 1.82) is 0 Å². The largest absolute Gasteiger partial charge is 0.473 e. The number of aromatic nitrogens is 2. The van der Waals surface area contributed by atoms with Gasteiger partial charge in [0.2, 0.25) is 5.88 Å². The zero-order valence-corrected chi connectivity index (χ0v) is 11.8. The summed E-state index contributed by atoms with van der Waals surface area (Å²) in [5.74, 6) is 0.681. The Hall–Kier alpha value is -1.16. The van der Waals surface area contributed by atoms with E-state index in [1.54, 1.807) is 6.20 Å². The Morgan fingerprint density at radius 3 is 2.72 bits per heavy atom. The van der Waals surface area contributed by atoms with Crippen molar-refractivity contribution in [2.75, 3.05) is 6.54 Å². The van der Waals surface area contributed by atoms with Gasteiger partial charge in [-0.3, -0.25) is 4.90 Å². The maximum absolute atomic E-state index is 5.94. The Morgan fingerprint density at radius 1 is 1.44 bits per heavy atom. The van der Waals surface area contributed by atoms with Crippen molar-refractivity contribution in [1.82, 2.24) is 14.9 Å². The highest BCUT2D eigenvalue weighted by atomic mass is 16.5. The van der Waals surface area contributed by atoms with Crippen LogP contribution in [0.5, 0.6) is 5.88 Å². The van der Waals surface area contributed by atoms with E-state index in [-0.39, 0.29) is 11.6 Å². The zero-order valence-electron chi connectivity index (χ0n) is 11.8. The molecule has 4 heteroatoms. The number of likely N-dealkylation sites (tertiary alicyclic amines) is 1. The highest BCUT2D eigenvalue weighted by Crippen LogP contribution is 2.30. The second-order valence-corrected chi connectivity index (χ2v) is 5.91. The molecule has 0 saturated carbocycles. The van der Waals surface area contributed by atoms with Gasteiger partial charge in [-0.05, 0) is 27.2 Å². The molecule has 2 atom stereocenters. The smallest absolute Gasteiger partial charge is 0.216 e. The second kappa shape index (κ2) is 5.22. The summed E-state index contributed by atoms with van der Waals surface area (Å²) in [7, 11) is 0. The molecule has 4 nitrogen and oxygen atoms in total. The minimum atomic E-state index is 0.199. The van der Waals surface area contributed by atoms with Crippen LogP contribution in [0.15, 0.2) is 18.6 Å². The molecule has 1 aliphatic rings. The molecule has 1 aromatic heterocycles. The van der Waals surface area contributed by atoms with Crippen LogP contribution in [0.2, 0.25) is 0 Å². The normalized spacial score (nSPS) is 25.3. The molecule has 2 heterocycles. The van der Waals surface area contributed by atoms with E-state index in [1.165, 1.54) is 12.7 Å². The predicted octanol–water partition coefficient (Wildman–Crippen LogP) is 2.51. The molecule has 0 bridgehead atoms. The lowest BCUT2D eigenvalue weighted by atomic mass is 10.0. The number of hydrogen-bond donors (Lipinski definition) is 0. The third kappa shape index (κ3) is 2.99. The van der Waals surface area contributed by atoms with Crippen molar-refractivity contribution >= 4 is 0 Å². The molecule has 0 N–H and O–H groups in total. The third-order valence-corrected chi connectivity index (χ3v) is 3.55. The van der Waals surface area contributed by atoms with E-state index in [4.69, 9.17) is 4.74 Å². The Morgan fingerprint density at radius 2 is 2.22 bits per heavy atom. The SMILES string of the molecule is CCC1CC(Oc2ccncn2)CN1C(C)(C)C. The fraction of sp³-hybridized carbons (Fsp3) is 0.714. The molecule has 1 aliphatic heterocycles. The molecule has 0 spiro atoms. The van der Waals surface area contributed by atoms with Crippen LogP contribution in [0.4, 0.5) is 0 Å². The molecular weight excluding hydrogens is 226 g/mol. The number of ether oxygens (including phenoxy) is 1. The average Bonchev–Trinajstić information content (AvgIpc) is 2.73. The minimum absolute atomic E-state index is 0.199. The Balaban J connectivity index is 2.01. The van der Waals surface area contributed by atoms with Gasteiger partial charge in [-0.1, -0.05) is 6.92 Å². The molecule has 1 aromatic rings. The standard InChI is InChI=1S/C14H23N3O/c1-5-11-8-12(9-17(11)14(2,3)4)18-13-6-7-15-10-16-13/h6-7,10-12H,5,8-9H2,1-4H3. The van der Waals surface area contributed by atoms with Crippen molar-refractivity contribution in [3.63, 3.8) is 0 Å². The van der Waals surface area contributed by atoms with Crippen molar-refractivity contribution in [2.24, 2.45) is 0 Å². The molecule has 2 unspecified atom stereocenters. The van der Waals surface area contributed by atoms with Crippen LogP contribution in [0.25, 0.3) is 0 Å². The van der Waals surface area contributed by atoms with Crippen LogP contribution in [0, 0.1) is 0 Å². The van der Waals surface area contributed by atoms with Gasteiger partial charge < -0.3 is 4.74 Å². The van der Waals surface area contributed by atoms with E-state index in [0.717, 1.165) is 13.0 Å². The van der Waals surface area contributed by atoms with E-state index in [1.807, 2.05) is 6.07 Å². The molecule has 2 rings (SSSR count). The highest BCUT2D eigenvalue weighted by molar-refractivity contribution is 5.06. The molecule has 1 saturated heterocycles. The first kappa shape index (κ1) is 13.3. The van der Waals surface area contributed by atoms with Crippen LogP contribution in [-0.2, 0) is 0 Å². The quantitative estimate of drug-likeness (QED) is 0.825. The fourth-order valence-corrected chi connectivity index (χ4v) is 2.69. The molecule has 100 valence electrons. The summed E-state index contributed by atoms with van der Waals surface area (Å²) in [6.45, 7) is 10.0. The summed E-state index contributed by atoms with van der Waals surface area (Å²) in [6, 6.07) is 2.43. The van der Waals surface area contributed by atoms with E-state index in [2.05, 4.69) is 42.6 Å². The van der Waals surface area contributed by atoms with E-state index in [9.17, 15) is 0 Å². The van der Waals surface area contributed by atoms with Crippen LogP contribution in [0.1, 0.15) is 40.5 Å². The third-order valence-electron chi connectivity index (χ3n) is 3.55. The molecule has 0 aromatic carbocycles. The van der Waals surface area contributed by atoms with Gasteiger partial charge >= 0.3 is 0 Å². The summed E-state index contributed by atoms with van der Waals surface area (Å²) in [5.41, 5.74) is 0.199. The predicted molar refractivity (Wildman–Crippen MR) is 71.6 cm³/mol. The minimum Gasteiger partial charge on any atom is -0.473 e. The van der Waals surface area contributed by atoms with E-state index < -0.39 is 0 Å². The molecule has 18 heavy (non-hydrogen) atoms. The second-order valence-electron chi connectivity index (χ2n) is 5.91. The summed E-state index contributed by atoms with van der Waals surface area (Å²) < 4.78 is 5.94. The van der Waals surface area contributed by atoms with E-state index in [0.29, 0.717) is 11.9 Å². The van der Waals surface area contributed by atoms with Gasteiger partial charge in [0, 0.05) is 36.8 Å². The maximum atomic E-state index is 5.94. The summed E-state index contributed by atoms with van der Waals surface area (Å²) >= 11 is 0. The first-order valence-electron chi connectivity index (χ1n) is 6.70. The summed E-state index contributed by atoms with van der Waals surface area (Å²) in [4.78, 5) is 10.6. The van der Waals surface area contributed by atoms with E-state index >= 15 is 0 Å². The van der Waals surface area contributed by atoms with Crippen molar-refractivity contribution in [3.05, 3.63) is 18.6 Å². The molecule has 1 fully saturated rings. The van der Waals surface area contributed by atoms with Gasteiger partial charge in [-0.2, -0.15) is 0 Å². The topological polar surface area (TPSA) is 38.3 Å². The Labute approximate surface area is 109 Å². The van der Waals surface area contributed by atoms with Gasteiger partial charge in [0.05, 0.1) is 0 Å². The van der Waals surface area contributed by atoms with Gasteiger partial charge in [0.25, 0.3) is 0 Å². The number of rotatable bonds is 3. The number of hydrogen-bond acceptors (Lipinski definition) is 4. The monoisotopic (exact) mass is 249 g/mol. The van der Waals surface area contributed by atoms with Crippen molar-refractivity contribution < 1.29 is 4.74 Å². The lowest BCUT2D eigenvalue weighted by Crippen LogP contribution is -2.44. The van der Waals surface area contributed by atoms with Crippen molar-refractivity contribution in [3.8, 4) is 5.88 Å². The summed E-state index contributed by atoms with van der Waals surface area (Å²) in [6.07, 6.45) is 5.74. The molecule has 0 amide bonds. The van der Waals surface area contributed by atoms with Gasteiger partial charge in [-0.15, -0.1) is 0 Å². The van der Waals surface area contributed by atoms with Crippen LogP contribution < -0.4 is 4.74 Å². The van der Waals surface area contributed by atoms with Crippen LogP contribution >= 0.6 is 0 Å². The molecule has 0 aliphatic carbocycles. The lowest BCUT2D eigenvalue weighted by molar-refractivity contribution is 0.106. The summed E-state index contributed by atoms with van der Waals surface area (Å²) in [5, 5.41) is 0. The highest BCUT2D eigenvalue weighted by Gasteiger charge is 2.38. The zero-order chi connectivity index (χ0) is 13.2. The average molecular weight is 249 g/mol. The fourth-order valence-electron chi connectivity index (χ4n) is 2.69. The van der Waals surface area contributed by atoms with Crippen LogP contribution in [-0.4, -0.2) is 39.1 Å². The van der Waals surface area contributed by atoms with Crippen molar-refractivity contribution in [2.45, 2.75) is 58.2 Å². The number of nitrogens with zero attached hydrogens (tertiary/aromatic N) is 3. The lowest BCUT2D eigenvalue weighted by Gasteiger charge is -2.36. The van der Waals surface area contributed by atoms with Crippen LogP contribution in [0.3, 0.4) is 0 Å². The van der Waals surface area contributed by atoms with Gasteiger partial charge in [0.15, 0.2) is 0 Å². The van der Waals surface area contributed by atoms with Gasteiger partial charge in [-0.25, -0.2) is 9.97 Å². The molecule has 0 radical (unpaired) electrons. The Kier molecular flexibility index (Phi) is 3.85. The molecular formula is C14H23N3O. The first-order chi connectivity index (χ1) is 8.50. The Bertz CT molecular complexity index is 374. The first-order valence-corrected chi connectivity index (χ1v) is 6.70. The van der Waals surface area contributed by atoms with Gasteiger partial charge in [0.1, 0.15) is 12.4 Å². The maximum Gasteiger partial charge on any atom is 0.216 e.